The fourth-order valence-electron chi connectivity index (χ4n) is 0. The van der Waals surface area contributed by atoms with Crippen molar-refractivity contribution in [2.75, 3.05) is 0 Å². The zero-order valence-corrected chi connectivity index (χ0v) is 3.71. The van der Waals surface area contributed by atoms with E-state index >= 15 is 0 Å². The molecule has 0 atom stereocenters. The van der Waals surface area contributed by atoms with Crippen molar-refractivity contribution < 1.29 is 14.0 Å². The molecule has 32 valence electrons. The van der Waals surface area contributed by atoms with Gasteiger partial charge in [0.25, 0.3) is 0 Å². The summed E-state index contributed by atoms with van der Waals surface area (Å²) in [6, 6.07) is 0. The SMILES string of the molecule is FC(F)OBr.[H+]. The van der Waals surface area contributed by atoms with Crippen molar-refractivity contribution in [3.05, 3.63) is 0 Å². The van der Waals surface area contributed by atoms with E-state index in [2.05, 4.69) is 20.1 Å². The maximum atomic E-state index is 10.5. The first-order valence-electron chi connectivity index (χ1n) is 0.826. The van der Waals surface area contributed by atoms with Crippen LogP contribution in [0, 0.1) is 0 Å². The first-order chi connectivity index (χ1) is 2.27. The summed E-state index contributed by atoms with van der Waals surface area (Å²) in [6.07, 6.45) is 0. The van der Waals surface area contributed by atoms with Crippen LogP contribution in [0.5, 0.6) is 0 Å². The van der Waals surface area contributed by atoms with Crippen LogP contribution in [-0.2, 0) is 3.83 Å². The van der Waals surface area contributed by atoms with E-state index in [9.17, 15) is 8.78 Å². The average molecular weight is 148 g/mol. The Morgan fingerprint density at radius 2 is 2.00 bits per heavy atom. The normalized spacial score (nSPS) is 9.60. The highest BCUT2D eigenvalue weighted by Crippen LogP contribution is 1.97. The van der Waals surface area contributed by atoms with E-state index in [1.807, 2.05) is 0 Å². The third kappa shape index (κ3) is 4.30. The second-order valence-corrected chi connectivity index (χ2v) is 0.724. The summed E-state index contributed by atoms with van der Waals surface area (Å²) in [7, 11) is 0. The van der Waals surface area contributed by atoms with Gasteiger partial charge in [-0.15, -0.1) is 0 Å². The van der Waals surface area contributed by atoms with Gasteiger partial charge in [-0.1, -0.05) is 0 Å². The molecule has 0 aromatic rings. The fourth-order valence-corrected chi connectivity index (χ4v) is 0. The lowest BCUT2D eigenvalue weighted by atomic mass is 11.5. The van der Waals surface area contributed by atoms with Crippen LogP contribution in [0.25, 0.3) is 0 Å². The summed E-state index contributed by atoms with van der Waals surface area (Å²) >= 11 is 2.06. The zero-order valence-electron chi connectivity index (χ0n) is 3.12. The molecule has 0 aliphatic carbocycles. The second-order valence-electron chi connectivity index (χ2n) is 0.350. The van der Waals surface area contributed by atoms with Crippen molar-refractivity contribution in [2.24, 2.45) is 0 Å². The molecule has 1 nitrogen and oxygen atoms in total. The Morgan fingerprint density at radius 3 is 2.00 bits per heavy atom. The molecule has 0 aromatic heterocycles. The molecular weight excluding hydrogens is 146 g/mol. The first kappa shape index (κ1) is 5.30. The van der Waals surface area contributed by atoms with Crippen molar-refractivity contribution >= 4 is 16.3 Å². The van der Waals surface area contributed by atoms with Gasteiger partial charge in [0.15, 0.2) is 0 Å². The zero-order chi connectivity index (χ0) is 4.28. The Morgan fingerprint density at radius 1 is 1.80 bits per heavy atom. The van der Waals surface area contributed by atoms with E-state index in [0.29, 0.717) is 0 Å². The van der Waals surface area contributed by atoms with Gasteiger partial charge in [0.2, 0.25) is 0 Å². The van der Waals surface area contributed by atoms with Crippen molar-refractivity contribution in [1.82, 2.24) is 0 Å². The Bertz CT molecular complexity index is 27.5. The van der Waals surface area contributed by atoms with E-state index in [0.717, 1.165) is 0 Å². The van der Waals surface area contributed by atoms with Crippen LogP contribution in [-0.4, -0.2) is 6.61 Å². The number of alkyl halides is 2. The standard InChI is InChI=1S/CHBrF2O/c2-5-1(3)4/h1H/p+1. The van der Waals surface area contributed by atoms with Gasteiger partial charge >= 0.3 is 8.04 Å². The molecule has 4 heteroatoms. The Hall–Kier alpha value is 0.300. The molecule has 0 heterocycles. The average Bonchev–Trinajstić information content (AvgIpc) is 1.38. The third-order valence-electron chi connectivity index (χ3n) is 0.0673. The van der Waals surface area contributed by atoms with Gasteiger partial charge in [-0.2, -0.15) is 8.78 Å². The number of hydrogen-bond donors (Lipinski definition) is 0. The minimum absolute atomic E-state index is 0. The van der Waals surface area contributed by atoms with Crippen molar-refractivity contribution in [1.29, 1.82) is 0 Å². The summed E-state index contributed by atoms with van der Waals surface area (Å²) in [5, 5.41) is 0. The van der Waals surface area contributed by atoms with E-state index in [-0.39, 0.29) is 1.43 Å². The van der Waals surface area contributed by atoms with Crippen molar-refractivity contribution in [2.45, 2.75) is 6.61 Å². The lowest BCUT2D eigenvalue weighted by molar-refractivity contribution is -0.0267. The molecule has 0 fully saturated rings. The molecule has 0 saturated heterocycles. The topological polar surface area (TPSA) is 9.23 Å². The van der Waals surface area contributed by atoms with Crippen molar-refractivity contribution in [3.8, 4) is 0 Å². The molecule has 0 rings (SSSR count). The van der Waals surface area contributed by atoms with E-state index in [1.165, 1.54) is 0 Å². The lowest BCUT2D eigenvalue weighted by Crippen LogP contribution is -1.82. The number of halogens is 3. The highest BCUT2D eigenvalue weighted by atomic mass is 79.9. The van der Waals surface area contributed by atoms with Gasteiger partial charge in [0.05, 0.1) is 0 Å². The molecular formula is CH2BrF2O+. The monoisotopic (exact) mass is 147 g/mol. The van der Waals surface area contributed by atoms with Crippen molar-refractivity contribution in [3.63, 3.8) is 0 Å². The minimum atomic E-state index is -2.70. The minimum Gasteiger partial charge on any atom is -0.243 e. The number of rotatable bonds is 1. The van der Waals surface area contributed by atoms with E-state index in [1.54, 1.807) is 0 Å². The molecule has 0 amide bonds. The predicted molar refractivity (Wildman–Crippen MR) is 17.1 cm³/mol. The molecule has 0 bridgehead atoms. The van der Waals surface area contributed by atoms with Crippen LogP contribution in [0.1, 0.15) is 1.43 Å². The molecule has 0 N–H and O–H groups in total. The molecule has 0 spiro atoms. The Labute approximate surface area is 37.9 Å². The molecule has 0 aliphatic heterocycles. The Balaban J connectivity index is 0. The van der Waals surface area contributed by atoms with Crippen LogP contribution in [0.2, 0.25) is 0 Å². The second kappa shape index (κ2) is 2.53. The highest BCUT2D eigenvalue weighted by molar-refractivity contribution is 9.06. The van der Waals surface area contributed by atoms with Crippen LogP contribution < -0.4 is 0 Å². The third-order valence-corrected chi connectivity index (χ3v) is 0.350. The lowest BCUT2D eigenvalue weighted by Gasteiger charge is -1.82. The smallest absolute Gasteiger partial charge is 0.243 e. The molecule has 0 radical (unpaired) electrons. The maximum absolute atomic E-state index is 10.5. The molecule has 5 heavy (non-hydrogen) atoms. The fraction of sp³-hybridized carbons (Fsp3) is 1.00. The first-order valence-corrected chi connectivity index (χ1v) is 1.47. The largest absolute Gasteiger partial charge is 1.00 e. The summed E-state index contributed by atoms with van der Waals surface area (Å²) in [6.45, 7) is -2.70. The van der Waals surface area contributed by atoms with Crippen LogP contribution >= 0.6 is 16.3 Å². The molecule has 0 saturated carbocycles. The van der Waals surface area contributed by atoms with Gasteiger partial charge in [-0.25, -0.2) is 3.83 Å². The van der Waals surface area contributed by atoms with Gasteiger partial charge in [-0.3, -0.25) is 0 Å². The van der Waals surface area contributed by atoms with Gasteiger partial charge < -0.3 is 0 Å². The van der Waals surface area contributed by atoms with Gasteiger partial charge in [-0.05, 0) is 0 Å². The maximum Gasteiger partial charge on any atom is 1.00 e. The summed E-state index contributed by atoms with van der Waals surface area (Å²) in [4.78, 5) is 0. The number of hydrogen-bond acceptors (Lipinski definition) is 1. The highest BCUT2D eigenvalue weighted by Gasteiger charge is 1.93. The summed E-state index contributed by atoms with van der Waals surface area (Å²) in [5.74, 6) is 0. The summed E-state index contributed by atoms with van der Waals surface area (Å²) < 4.78 is 24.2. The van der Waals surface area contributed by atoms with E-state index in [4.69, 9.17) is 0 Å². The molecule has 0 unspecified atom stereocenters. The van der Waals surface area contributed by atoms with Crippen LogP contribution in [0.3, 0.4) is 0 Å². The van der Waals surface area contributed by atoms with E-state index < -0.39 is 6.61 Å². The molecule has 0 aliphatic rings. The molecule has 0 aromatic carbocycles. The summed E-state index contributed by atoms with van der Waals surface area (Å²) in [5.41, 5.74) is 0. The van der Waals surface area contributed by atoms with Crippen LogP contribution in [0.4, 0.5) is 8.78 Å². The van der Waals surface area contributed by atoms with Gasteiger partial charge in [0.1, 0.15) is 16.3 Å². The predicted octanol–water partition coefficient (Wildman–Crippen LogP) is 1.65. The Kier molecular flexibility index (Phi) is 2.68. The quantitative estimate of drug-likeness (QED) is 0.549. The van der Waals surface area contributed by atoms with Gasteiger partial charge in [0, 0.05) is 0 Å². The van der Waals surface area contributed by atoms with Crippen LogP contribution in [0.15, 0.2) is 0 Å².